The number of carbonyl (C=O) groups excluding carboxylic acids is 1. The highest BCUT2D eigenvalue weighted by Crippen LogP contribution is 2.23. The van der Waals surface area contributed by atoms with Crippen LogP contribution in [0.1, 0.15) is 12.5 Å². The van der Waals surface area contributed by atoms with Crippen LogP contribution in [0.3, 0.4) is 0 Å². The van der Waals surface area contributed by atoms with Gasteiger partial charge in [0, 0.05) is 6.07 Å². The van der Waals surface area contributed by atoms with E-state index in [1.54, 1.807) is 18.2 Å². The van der Waals surface area contributed by atoms with Crippen molar-refractivity contribution in [1.29, 1.82) is 0 Å². The zero-order chi connectivity index (χ0) is 15.9. The van der Waals surface area contributed by atoms with Crippen molar-refractivity contribution in [2.75, 3.05) is 11.9 Å². The molecule has 1 amide bonds. The van der Waals surface area contributed by atoms with Crippen LogP contribution in [-0.4, -0.2) is 17.4 Å². The highest BCUT2D eigenvalue weighted by atomic mass is 16.6. The second-order valence-electron chi connectivity index (χ2n) is 4.57. The summed E-state index contributed by atoms with van der Waals surface area (Å²) in [6.45, 7) is 1.79. The van der Waals surface area contributed by atoms with E-state index >= 15 is 0 Å². The van der Waals surface area contributed by atoms with E-state index in [1.165, 1.54) is 12.1 Å². The van der Waals surface area contributed by atoms with E-state index in [1.807, 2.05) is 25.1 Å². The van der Waals surface area contributed by atoms with E-state index < -0.39 is 10.8 Å². The molecule has 0 bridgehead atoms. The molecule has 0 aliphatic carbocycles. The fourth-order valence-electron chi connectivity index (χ4n) is 2.00. The molecule has 0 saturated heterocycles. The first-order chi connectivity index (χ1) is 10.6. The van der Waals surface area contributed by atoms with Gasteiger partial charge in [-0.05, 0) is 24.1 Å². The second-order valence-corrected chi connectivity index (χ2v) is 4.57. The zero-order valence-electron chi connectivity index (χ0n) is 12.1. The molecule has 0 atom stereocenters. The average Bonchev–Trinajstić information content (AvgIpc) is 2.53. The third kappa shape index (κ3) is 3.82. The minimum absolute atomic E-state index is 0.148. The molecule has 0 aliphatic rings. The Bertz CT molecular complexity index is 685. The minimum Gasteiger partial charge on any atom is -0.483 e. The van der Waals surface area contributed by atoms with Crippen molar-refractivity contribution in [2.24, 2.45) is 0 Å². The number of aryl methyl sites for hydroxylation is 1. The molecule has 114 valence electrons. The topological polar surface area (TPSA) is 81.5 Å². The molecule has 2 aromatic rings. The summed E-state index contributed by atoms with van der Waals surface area (Å²) in [7, 11) is 0. The van der Waals surface area contributed by atoms with Gasteiger partial charge in [0.05, 0.1) is 4.92 Å². The Labute approximate surface area is 127 Å². The summed E-state index contributed by atoms with van der Waals surface area (Å²) in [4.78, 5) is 22.3. The van der Waals surface area contributed by atoms with Crippen LogP contribution in [0.2, 0.25) is 0 Å². The molecule has 1 N–H and O–H groups in total. The van der Waals surface area contributed by atoms with Crippen molar-refractivity contribution < 1.29 is 14.5 Å². The standard InChI is InChI=1S/C16H16N2O4/c1-2-12-7-3-6-10-15(12)22-11-16(19)17-13-8-4-5-9-14(13)18(20)21/h3-10H,2,11H2,1H3,(H,17,19). The van der Waals surface area contributed by atoms with Crippen molar-refractivity contribution in [3.63, 3.8) is 0 Å². The SMILES string of the molecule is CCc1ccccc1OCC(=O)Nc1ccccc1[N+](=O)[O-]. The van der Waals surface area contributed by atoms with E-state index in [2.05, 4.69) is 5.32 Å². The van der Waals surface area contributed by atoms with Crippen LogP contribution in [0.4, 0.5) is 11.4 Å². The molecular formula is C16H16N2O4. The van der Waals surface area contributed by atoms with Crippen LogP contribution >= 0.6 is 0 Å². The van der Waals surface area contributed by atoms with Crippen LogP contribution in [0, 0.1) is 10.1 Å². The van der Waals surface area contributed by atoms with Crippen LogP contribution < -0.4 is 10.1 Å². The molecule has 6 nitrogen and oxygen atoms in total. The largest absolute Gasteiger partial charge is 0.483 e. The van der Waals surface area contributed by atoms with E-state index in [-0.39, 0.29) is 18.0 Å². The first kappa shape index (κ1) is 15.5. The maximum absolute atomic E-state index is 11.9. The fourth-order valence-corrected chi connectivity index (χ4v) is 2.00. The van der Waals surface area contributed by atoms with Crippen LogP contribution in [-0.2, 0) is 11.2 Å². The number of anilines is 1. The molecule has 0 spiro atoms. The molecule has 0 heterocycles. The van der Waals surface area contributed by atoms with Gasteiger partial charge in [0.1, 0.15) is 11.4 Å². The maximum Gasteiger partial charge on any atom is 0.292 e. The van der Waals surface area contributed by atoms with Crippen molar-refractivity contribution in [3.05, 3.63) is 64.2 Å². The highest BCUT2D eigenvalue weighted by Gasteiger charge is 2.15. The molecule has 0 unspecified atom stereocenters. The lowest BCUT2D eigenvalue weighted by atomic mass is 10.1. The van der Waals surface area contributed by atoms with Gasteiger partial charge in [0.2, 0.25) is 0 Å². The Kier molecular flexibility index (Phi) is 5.08. The minimum atomic E-state index is -0.539. The van der Waals surface area contributed by atoms with Gasteiger partial charge < -0.3 is 10.1 Å². The Morgan fingerprint density at radius 2 is 1.86 bits per heavy atom. The molecule has 0 radical (unpaired) electrons. The highest BCUT2D eigenvalue weighted by molar-refractivity contribution is 5.94. The van der Waals surface area contributed by atoms with E-state index in [9.17, 15) is 14.9 Å². The summed E-state index contributed by atoms with van der Waals surface area (Å²) in [6, 6.07) is 13.4. The number of rotatable bonds is 6. The van der Waals surface area contributed by atoms with Gasteiger partial charge >= 0.3 is 0 Å². The first-order valence-corrected chi connectivity index (χ1v) is 6.85. The van der Waals surface area contributed by atoms with Crippen LogP contribution in [0.5, 0.6) is 5.75 Å². The fraction of sp³-hybridized carbons (Fsp3) is 0.188. The number of nitrogens with one attached hydrogen (secondary N) is 1. The molecule has 0 aromatic heterocycles. The summed E-state index contributed by atoms with van der Waals surface area (Å²) < 4.78 is 5.48. The molecule has 2 rings (SSSR count). The Morgan fingerprint density at radius 3 is 2.59 bits per heavy atom. The lowest BCUT2D eigenvalue weighted by Gasteiger charge is -2.10. The molecule has 6 heteroatoms. The Hall–Kier alpha value is -2.89. The van der Waals surface area contributed by atoms with Crippen LogP contribution in [0.25, 0.3) is 0 Å². The summed E-state index contributed by atoms with van der Waals surface area (Å²) in [5.41, 5.74) is 1.01. The van der Waals surface area contributed by atoms with Crippen molar-refractivity contribution in [2.45, 2.75) is 13.3 Å². The van der Waals surface area contributed by atoms with Gasteiger partial charge in [-0.15, -0.1) is 0 Å². The summed E-state index contributed by atoms with van der Waals surface area (Å²) >= 11 is 0. The van der Waals surface area contributed by atoms with Crippen molar-refractivity contribution in [3.8, 4) is 5.75 Å². The molecule has 0 saturated carbocycles. The zero-order valence-corrected chi connectivity index (χ0v) is 12.1. The number of nitrogens with zero attached hydrogens (tertiary/aromatic N) is 1. The molecule has 0 fully saturated rings. The van der Waals surface area contributed by atoms with E-state index in [0.717, 1.165) is 12.0 Å². The second kappa shape index (κ2) is 7.21. The molecule has 22 heavy (non-hydrogen) atoms. The van der Waals surface area contributed by atoms with Gasteiger partial charge in [-0.1, -0.05) is 37.3 Å². The smallest absolute Gasteiger partial charge is 0.292 e. The Balaban J connectivity index is 2.01. The van der Waals surface area contributed by atoms with Crippen molar-refractivity contribution >= 4 is 17.3 Å². The van der Waals surface area contributed by atoms with Gasteiger partial charge in [-0.2, -0.15) is 0 Å². The van der Waals surface area contributed by atoms with Gasteiger partial charge in [0.25, 0.3) is 11.6 Å². The van der Waals surface area contributed by atoms with Crippen molar-refractivity contribution in [1.82, 2.24) is 0 Å². The number of ether oxygens (including phenoxy) is 1. The normalized spacial score (nSPS) is 10.0. The number of benzene rings is 2. The monoisotopic (exact) mass is 300 g/mol. The average molecular weight is 300 g/mol. The molecule has 0 aliphatic heterocycles. The van der Waals surface area contributed by atoms with Gasteiger partial charge in [-0.3, -0.25) is 14.9 Å². The number of hydrogen-bond acceptors (Lipinski definition) is 4. The third-order valence-electron chi connectivity index (χ3n) is 3.09. The number of amides is 1. The van der Waals surface area contributed by atoms with E-state index in [0.29, 0.717) is 5.75 Å². The van der Waals surface area contributed by atoms with E-state index in [4.69, 9.17) is 4.74 Å². The lowest BCUT2D eigenvalue weighted by Crippen LogP contribution is -2.21. The number of nitro groups is 1. The van der Waals surface area contributed by atoms with Crippen LogP contribution in [0.15, 0.2) is 48.5 Å². The summed E-state index contributed by atoms with van der Waals surface area (Å²) in [5, 5.41) is 13.4. The predicted molar refractivity (Wildman–Crippen MR) is 83.0 cm³/mol. The van der Waals surface area contributed by atoms with Gasteiger partial charge in [-0.25, -0.2) is 0 Å². The Morgan fingerprint density at radius 1 is 1.18 bits per heavy atom. The maximum atomic E-state index is 11.9. The summed E-state index contributed by atoms with van der Waals surface area (Å²) in [5.74, 6) is 0.197. The number of nitro benzene ring substituents is 1. The first-order valence-electron chi connectivity index (χ1n) is 6.85. The number of para-hydroxylation sites is 3. The molecular weight excluding hydrogens is 284 g/mol. The number of hydrogen-bond donors (Lipinski definition) is 1. The summed E-state index contributed by atoms with van der Waals surface area (Å²) in [6.07, 6.45) is 0.794. The predicted octanol–water partition coefficient (Wildman–Crippen LogP) is 3.17. The lowest BCUT2D eigenvalue weighted by molar-refractivity contribution is -0.383. The third-order valence-corrected chi connectivity index (χ3v) is 3.09. The quantitative estimate of drug-likeness (QED) is 0.656. The van der Waals surface area contributed by atoms with Gasteiger partial charge in [0.15, 0.2) is 6.61 Å². The molecule has 2 aromatic carbocycles. The number of carbonyl (C=O) groups is 1.